The largest absolute Gasteiger partial charge is 0.493 e. The number of ether oxygens (including phenoxy) is 2. The predicted molar refractivity (Wildman–Crippen MR) is 151 cm³/mol. The maximum absolute atomic E-state index is 12.5. The Bertz CT molecular complexity index is 1180. The van der Waals surface area contributed by atoms with Crippen molar-refractivity contribution in [3.63, 3.8) is 0 Å². The zero-order valence-corrected chi connectivity index (χ0v) is 25.4. The Morgan fingerprint density at radius 3 is 2.27 bits per heavy atom. The third-order valence-corrected chi connectivity index (χ3v) is 8.83. The van der Waals surface area contributed by atoms with Crippen molar-refractivity contribution < 1.29 is 28.6 Å². The Balaban J connectivity index is 0.000000510. The number of cyclic esters (lactones) is 1. The zero-order valence-electron chi connectivity index (χ0n) is 23.5. The standard InChI is InChI=1S/C21H33O6PSi.C7H9N/c1-7-16-15(3)18-12-27-21(22)19(18)20(26-10-11-29(4,5)6)17(16)9-8-14(2)13-28(23,24)25;1-6-4-3-5-7(2)8-6/h8H,7,9-13H2,1-6H3,(H2,23,24,25);3-5H,1-2H3. The molecule has 0 amide bonds. The van der Waals surface area contributed by atoms with Gasteiger partial charge in [-0.15, -0.1) is 0 Å². The van der Waals surface area contributed by atoms with E-state index in [0.717, 1.165) is 46.1 Å². The van der Waals surface area contributed by atoms with Crippen LogP contribution < -0.4 is 4.74 Å². The van der Waals surface area contributed by atoms with Crippen molar-refractivity contribution in [2.75, 3.05) is 12.8 Å². The maximum atomic E-state index is 12.5. The van der Waals surface area contributed by atoms with Crippen molar-refractivity contribution in [3.05, 3.63) is 69.1 Å². The SMILES string of the molecule is CCc1c(C)c2c(c(OCC[Si](C)(C)C)c1CC=C(C)CP(=O)(O)O)C(=O)OC2.Cc1cccc(C)n1. The molecule has 0 bridgehead atoms. The van der Waals surface area contributed by atoms with Gasteiger partial charge in [0.15, 0.2) is 0 Å². The minimum Gasteiger partial charge on any atom is -0.493 e. The van der Waals surface area contributed by atoms with E-state index in [4.69, 9.17) is 9.47 Å². The summed E-state index contributed by atoms with van der Waals surface area (Å²) in [5.74, 6) is 0.231. The van der Waals surface area contributed by atoms with E-state index in [0.29, 0.717) is 29.9 Å². The molecule has 2 heterocycles. The van der Waals surface area contributed by atoms with E-state index < -0.39 is 15.7 Å². The van der Waals surface area contributed by atoms with Crippen molar-refractivity contribution >= 4 is 21.6 Å². The van der Waals surface area contributed by atoms with E-state index in [1.165, 1.54) is 0 Å². The molecule has 204 valence electrons. The average Bonchev–Trinajstić information content (AvgIpc) is 3.14. The number of pyridine rings is 1. The molecule has 1 aromatic heterocycles. The Morgan fingerprint density at radius 2 is 1.78 bits per heavy atom. The molecular formula is C28H42NO6PSi. The van der Waals surface area contributed by atoms with Gasteiger partial charge in [-0.3, -0.25) is 9.55 Å². The topological polar surface area (TPSA) is 106 Å². The molecule has 37 heavy (non-hydrogen) atoms. The summed E-state index contributed by atoms with van der Waals surface area (Å²) in [5, 5.41) is 0. The van der Waals surface area contributed by atoms with Crippen LogP contribution in [0.15, 0.2) is 29.8 Å². The van der Waals surface area contributed by atoms with Crippen LogP contribution in [-0.2, 0) is 28.8 Å². The normalized spacial score (nSPS) is 13.6. The van der Waals surface area contributed by atoms with Gasteiger partial charge in [-0.2, -0.15) is 0 Å². The van der Waals surface area contributed by atoms with Crippen molar-refractivity contribution in [3.8, 4) is 5.75 Å². The first-order chi connectivity index (χ1) is 17.1. The molecule has 0 saturated carbocycles. The van der Waals surface area contributed by atoms with Crippen LogP contribution in [0.2, 0.25) is 25.7 Å². The smallest absolute Gasteiger partial charge is 0.342 e. The molecule has 2 aromatic rings. The van der Waals surface area contributed by atoms with Crippen molar-refractivity contribution in [2.45, 2.75) is 79.8 Å². The summed E-state index contributed by atoms with van der Waals surface area (Å²) in [4.78, 5) is 35.1. The first kappa shape index (κ1) is 31.0. The van der Waals surface area contributed by atoms with E-state index in [1.54, 1.807) is 6.92 Å². The number of aryl methyl sites for hydroxylation is 2. The van der Waals surface area contributed by atoms with Crippen molar-refractivity contribution in [1.82, 2.24) is 4.98 Å². The van der Waals surface area contributed by atoms with Crippen LogP contribution in [0.3, 0.4) is 0 Å². The number of nitrogens with zero attached hydrogens (tertiary/aromatic N) is 1. The number of benzene rings is 1. The van der Waals surface area contributed by atoms with Crippen LogP contribution in [-0.4, -0.2) is 41.6 Å². The van der Waals surface area contributed by atoms with Crippen molar-refractivity contribution in [2.24, 2.45) is 0 Å². The van der Waals surface area contributed by atoms with E-state index in [2.05, 4.69) is 31.5 Å². The minimum absolute atomic E-state index is 0.269. The molecule has 0 spiro atoms. The van der Waals surface area contributed by atoms with E-state index in [1.807, 2.05) is 45.0 Å². The molecule has 1 aromatic carbocycles. The number of allylic oxidation sites excluding steroid dienone is 2. The Kier molecular flexibility index (Phi) is 10.9. The van der Waals surface area contributed by atoms with Gasteiger partial charge in [-0.05, 0) is 69.8 Å². The van der Waals surface area contributed by atoms with Gasteiger partial charge in [0.1, 0.15) is 17.9 Å². The van der Waals surface area contributed by atoms with E-state index >= 15 is 0 Å². The second-order valence-electron chi connectivity index (χ2n) is 10.9. The van der Waals surface area contributed by atoms with Gasteiger partial charge < -0.3 is 19.3 Å². The van der Waals surface area contributed by atoms with Crippen LogP contribution in [0.25, 0.3) is 0 Å². The van der Waals surface area contributed by atoms with Gasteiger partial charge in [0.25, 0.3) is 0 Å². The lowest BCUT2D eigenvalue weighted by Crippen LogP contribution is -2.23. The highest BCUT2D eigenvalue weighted by Crippen LogP contribution is 2.40. The number of aromatic nitrogens is 1. The number of carbonyl (C=O) groups is 1. The second-order valence-corrected chi connectivity index (χ2v) is 18.1. The summed E-state index contributed by atoms with van der Waals surface area (Å²) in [6.07, 6.45) is 2.79. The fourth-order valence-corrected chi connectivity index (χ4v) is 5.78. The lowest BCUT2D eigenvalue weighted by atomic mass is 9.89. The predicted octanol–water partition coefficient (Wildman–Crippen LogP) is 6.31. The minimum atomic E-state index is -4.11. The Hall–Kier alpha value is -2.25. The number of hydrogen-bond donors (Lipinski definition) is 2. The summed E-state index contributed by atoms with van der Waals surface area (Å²) in [6.45, 7) is 17.4. The van der Waals surface area contributed by atoms with Gasteiger partial charge in [0.05, 0.1) is 12.8 Å². The Morgan fingerprint density at radius 1 is 1.16 bits per heavy atom. The number of fused-ring (bicyclic) bond motifs is 1. The molecule has 1 aliphatic rings. The number of carbonyl (C=O) groups excluding carboxylic acids is 1. The molecule has 0 unspecified atom stereocenters. The summed E-state index contributed by atoms with van der Waals surface area (Å²) in [6, 6.07) is 6.97. The highest BCUT2D eigenvalue weighted by Gasteiger charge is 2.32. The molecule has 0 radical (unpaired) electrons. The molecule has 9 heteroatoms. The Labute approximate surface area is 222 Å². The highest BCUT2D eigenvalue weighted by atomic mass is 31.2. The second kappa shape index (κ2) is 13.0. The lowest BCUT2D eigenvalue weighted by Gasteiger charge is -2.22. The van der Waals surface area contributed by atoms with Crippen LogP contribution in [0.5, 0.6) is 5.75 Å². The summed E-state index contributed by atoms with van der Waals surface area (Å²) in [5.41, 5.74) is 7.29. The third kappa shape index (κ3) is 9.53. The number of rotatable bonds is 9. The third-order valence-electron chi connectivity index (χ3n) is 6.21. The van der Waals surface area contributed by atoms with Gasteiger partial charge in [0, 0.05) is 30.6 Å². The van der Waals surface area contributed by atoms with Gasteiger partial charge in [-0.25, -0.2) is 4.79 Å². The molecule has 0 fully saturated rings. The van der Waals surface area contributed by atoms with E-state index in [9.17, 15) is 19.1 Å². The first-order valence-electron chi connectivity index (χ1n) is 12.7. The molecule has 0 aliphatic carbocycles. The molecular weight excluding hydrogens is 505 g/mol. The first-order valence-corrected chi connectivity index (χ1v) is 18.2. The van der Waals surface area contributed by atoms with E-state index in [-0.39, 0.29) is 18.7 Å². The maximum Gasteiger partial charge on any atom is 0.342 e. The molecule has 0 atom stereocenters. The zero-order chi connectivity index (χ0) is 28.0. The van der Waals surface area contributed by atoms with Crippen molar-refractivity contribution in [1.29, 1.82) is 0 Å². The van der Waals surface area contributed by atoms with Crippen LogP contribution >= 0.6 is 7.60 Å². The summed E-state index contributed by atoms with van der Waals surface area (Å²) < 4.78 is 22.8. The van der Waals surface area contributed by atoms with Gasteiger partial charge in [0.2, 0.25) is 0 Å². The quantitative estimate of drug-likeness (QED) is 0.164. The van der Waals surface area contributed by atoms with Gasteiger partial charge in [-0.1, -0.05) is 44.3 Å². The molecule has 2 N–H and O–H groups in total. The average molecular weight is 548 g/mol. The fourth-order valence-electron chi connectivity index (χ4n) is 4.29. The molecule has 3 rings (SSSR count). The molecule has 7 nitrogen and oxygen atoms in total. The van der Waals surface area contributed by atoms with Crippen LogP contribution in [0, 0.1) is 20.8 Å². The molecule has 1 aliphatic heterocycles. The molecule has 0 saturated heterocycles. The highest BCUT2D eigenvalue weighted by molar-refractivity contribution is 7.52. The lowest BCUT2D eigenvalue weighted by molar-refractivity contribution is 0.0532. The number of hydrogen-bond acceptors (Lipinski definition) is 5. The fraction of sp³-hybridized carbons (Fsp3) is 0.500. The summed E-state index contributed by atoms with van der Waals surface area (Å²) >= 11 is 0. The van der Waals surface area contributed by atoms with Crippen LogP contribution in [0.4, 0.5) is 0 Å². The van der Waals surface area contributed by atoms with Gasteiger partial charge >= 0.3 is 13.6 Å². The summed E-state index contributed by atoms with van der Waals surface area (Å²) in [7, 11) is -5.42. The monoisotopic (exact) mass is 547 g/mol. The number of esters is 1. The van der Waals surface area contributed by atoms with Crippen LogP contribution in [0.1, 0.15) is 57.8 Å².